The van der Waals surface area contributed by atoms with Crippen molar-refractivity contribution >= 4 is 17.1 Å². The number of hydrogen-bond acceptors (Lipinski definition) is 4. The number of hydrogen-bond donors (Lipinski definition) is 0. The molecule has 1 aromatic rings. The van der Waals surface area contributed by atoms with E-state index in [0.717, 1.165) is 11.3 Å². The zero-order chi connectivity index (χ0) is 10.1. The maximum Gasteiger partial charge on any atom is 0.308 e. The predicted octanol–water partition coefficient (Wildman–Crippen LogP) is 1.99. The Morgan fingerprint density at radius 1 is 1.69 bits per heavy atom. The van der Waals surface area contributed by atoms with Crippen molar-refractivity contribution in [2.75, 3.05) is 7.11 Å². The van der Waals surface area contributed by atoms with Gasteiger partial charge in [0.05, 0.1) is 7.11 Å². The third-order valence-electron chi connectivity index (χ3n) is 1.29. The third-order valence-corrected chi connectivity index (χ3v) is 2.09. The van der Waals surface area contributed by atoms with Gasteiger partial charge in [0.1, 0.15) is 5.69 Å². The van der Waals surface area contributed by atoms with Crippen LogP contribution in [0.25, 0.3) is 0 Å². The zero-order valence-corrected chi connectivity index (χ0v) is 7.82. The lowest BCUT2D eigenvalue weighted by atomic mass is 10.2. The van der Waals surface area contributed by atoms with E-state index >= 15 is 0 Å². The molecule has 0 fully saturated rings. The summed E-state index contributed by atoms with van der Waals surface area (Å²) in [5.41, 5.74) is -0.255. The summed E-state index contributed by atoms with van der Waals surface area (Å²) in [6, 6.07) is 0. The van der Waals surface area contributed by atoms with Gasteiger partial charge in [0.2, 0.25) is 0 Å². The first kappa shape index (κ1) is 10.0. The van der Waals surface area contributed by atoms with E-state index in [-0.39, 0.29) is 10.9 Å². The number of ether oxygens (including phenoxy) is 1. The van der Waals surface area contributed by atoms with Crippen molar-refractivity contribution in [2.45, 2.75) is 12.8 Å². The number of ketones is 1. The van der Waals surface area contributed by atoms with Crippen LogP contribution in [0.15, 0.2) is 5.38 Å². The summed E-state index contributed by atoms with van der Waals surface area (Å²) < 4.78 is 29.6. The van der Waals surface area contributed by atoms with Gasteiger partial charge in [-0.2, -0.15) is 13.8 Å². The molecular formula is C7H7F2NO2S. The molecule has 0 amide bonds. The van der Waals surface area contributed by atoms with Crippen molar-refractivity contribution in [3.63, 3.8) is 0 Å². The van der Waals surface area contributed by atoms with Crippen LogP contribution in [-0.4, -0.2) is 23.8 Å². The fourth-order valence-corrected chi connectivity index (χ4v) is 1.30. The van der Waals surface area contributed by atoms with Gasteiger partial charge in [-0.15, -0.1) is 0 Å². The van der Waals surface area contributed by atoms with Gasteiger partial charge in [-0.3, -0.25) is 4.79 Å². The van der Waals surface area contributed by atoms with Gasteiger partial charge in [0, 0.05) is 12.3 Å². The first-order chi connectivity index (χ1) is 5.95. The highest BCUT2D eigenvalue weighted by molar-refractivity contribution is 7.11. The summed E-state index contributed by atoms with van der Waals surface area (Å²) in [5.74, 6) is -4.66. The van der Waals surface area contributed by atoms with Crippen LogP contribution in [0.4, 0.5) is 8.78 Å². The number of aromatic nitrogens is 1. The third kappa shape index (κ3) is 2.21. The number of carbonyl (C=O) groups excluding carboxylic acids is 1. The minimum absolute atomic E-state index is 0.201. The second-order valence-corrected chi connectivity index (χ2v) is 3.24. The van der Waals surface area contributed by atoms with E-state index in [0.29, 0.717) is 6.92 Å². The van der Waals surface area contributed by atoms with Gasteiger partial charge in [0.25, 0.3) is 11.0 Å². The Bertz CT molecular complexity index is 319. The lowest BCUT2D eigenvalue weighted by Gasteiger charge is -2.04. The molecule has 13 heavy (non-hydrogen) atoms. The summed E-state index contributed by atoms with van der Waals surface area (Å²) in [4.78, 5) is 14.5. The Kier molecular flexibility index (Phi) is 2.60. The van der Waals surface area contributed by atoms with Crippen molar-refractivity contribution in [3.05, 3.63) is 11.1 Å². The zero-order valence-electron chi connectivity index (χ0n) is 7.01. The molecule has 0 N–H and O–H groups in total. The number of nitrogens with zero attached hydrogens (tertiary/aromatic N) is 1. The smallest absolute Gasteiger partial charge is 0.308 e. The molecule has 0 aliphatic carbocycles. The molecule has 72 valence electrons. The number of Topliss-reactive ketones (excluding diaryl/α,β-unsaturated/α-hetero) is 1. The molecule has 0 saturated carbocycles. The van der Waals surface area contributed by atoms with Crippen LogP contribution in [0.5, 0.6) is 5.19 Å². The average Bonchev–Trinajstić information content (AvgIpc) is 2.48. The highest BCUT2D eigenvalue weighted by Gasteiger charge is 2.34. The highest BCUT2D eigenvalue weighted by atomic mass is 32.1. The SMILES string of the molecule is COc1nc(C(=O)C(C)(F)F)cs1. The summed E-state index contributed by atoms with van der Waals surface area (Å²) in [7, 11) is 1.36. The standard InChI is InChI=1S/C7H7F2NO2S/c1-7(8,9)5(11)4-3-13-6(10-4)12-2/h3H,1-2H3. The summed E-state index contributed by atoms with van der Waals surface area (Å²) in [5, 5.41) is 1.45. The second-order valence-electron chi connectivity index (χ2n) is 2.42. The molecule has 0 spiro atoms. The molecule has 1 aromatic heterocycles. The van der Waals surface area contributed by atoms with Crippen LogP contribution in [0, 0.1) is 0 Å². The van der Waals surface area contributed by atoms with Crippen molar-refractivity contribution in [2.24, 2.45) is 0 Å². The molecule has 0 aliphatic heterocycles. The maximum atomic E-state index is 12.5. The number of thiazole rings is 1. The Labute approximate surface area is 77.4 Å². The molecule has 0 radical (unpaired) electrons. The van der Waals surface area contributed by atoms with Gasteiger partial charge < -0.3 is 4.74 Å². The average molecular weight is 207 g/mol. The molecular weight excluding hydrogens is 200 g/mol. The van der Waals surface area contributed by atoms with Crippen LogP contribution >= 0.6 is 11.3 Å². The normalized spacial score (nSPS) is 11.4. The molecule has 0 bridgehead atoms. The summed E-state index contributed by atoms with van der Waals surface area (Å²) in [6.45, 7) is 0.543. The van der Waals surface area contributed by atoms with Gasteiger partial charge in [0.15, 0.2) is 0 Å². The fraction of sp³-hybridized carbons (Fsp3) is 0.429. The maximum absolute atomic E-state index is 12.5. The van der Waals surface area contributed by atoms with Gasteiger partial charge in [-0.05, 0) is 0 Å². The van der Waals surface area contributed by atoms with Crippen LogP contribution in [0.2, 0.25) is 0 Å². The van der Waals surface area contributed by atoms with Gasteiger partial charge in [-0.1, -0.05) is 11.3 Å². The van der Waals surface area contributed by atoms with E-state index in [1.807, 2.05) is 0 Å². The second kappa shape index (κ2) is 3.37. The van der Waals surface area contributed by atoms with E-state index in [1.165, 1.54) is 12.5 Å². The van der Waals surface area contributed by atoms with Crippen LogP contribution in [-0.2, 0) is 0 Å². The van der Waals surface area contributed by atoms with E-state index in [1.54, 1.807) is 0 Å². The van der Waals surface area contributed by atoms with Crippen LogP contribution in [0.3, 0.4) is 0 Å². The van der Waals surface area contributed by atoms with Crippen molar-refractivity contribution in [3.8, 4) is 5.19 Å². The van der Waals surface area contributed by atoms with Gasteiger partial charge in [-0.25, -0.2) is 0 Å². The molecule has 1 heterocycles. The van der Waals surface area contributed by atoms with E-state index < -0.39 is 11.7 Å². The Balaban J connectivity index is 2.90. The Morgan fingerprint density at radius 3 is 2.69 bits per heavy atom. The fourth-order valence-electron chi connectivity index (χ4n) is 0.680. The molecule has 0 unspecified atom stereocenters. The first-order valence-electron chi connectivity index (χ1n) is 3.37. The topological polar surface area (TPSA) is 39.2 Å². The molecule has 0 aromatic carbocycles. The van der Waals surface area contributed by atoms with E-state index in [9.17, 15) is 13.6 Å². The van der Waals surface area contributed by atoms with Crippen molar-refractivity contribution in [1.29, 1.82) is 0 Å². The molecule has 0 aliphatic rings. The molecule has 1 rings (SSSR count). The predicted molar refractivity (Wildman–Crippen MR) is 43.6 cm³/mol. The number of halogens is 2. The number of rotatable bonds is 3. The monoisotopic (exact) mass is 207 g/mol. The van der Waals surface area contributed by atoms with Crippen molar-refractivity contribution < 1.29 is 18.3 Å². The van der Waals surface area contributed by atoms with Crippen LogP contribution in [0.1, 0.15) is 17.4 Å². The molecule has 3 nitrogen and oxygen atoms in total. The van der Waals surface area contributed by atoms with Crippen molar-refractivity contribution in [1.82, 2.24) is 4.98 Å². The largest absolute Gasteiger partial charge is 0.473 e. The molecule has 0 atom stereocenters. The minimum atomic E-state index is -3.38. The lowest BCUT2D eigenvalue weighted by molar-refractivity contribution is 0.0217. The van der Waals surface area contributed by atoms with Gasteiger partial charge >= 0.3 is 5.92 Å². The summed E-state index contributed by atoms with van der Waals surface area (Å²) in [6.07, 6.45) is 0. The van der Waals surface area contributed by atoms with E-state index in [2.05, 4.69) is 9.72 Å². The Hall–Kier alpha value is -1.04. The molecule has 0 saturated heterocycles. The highest BCUT2D eigenvalue weighted by Crippen LogP contribution is 2.23. The number of methoxy groups -OCH3 is 1. The lowest BCUT2D eigenvalue weighted by Crippen LogP contribution is -2.24. The minimum Gasteiger partial charge on any atom is -0.473 e. The molecule has 6 heteroatoms. The Morgan fingerprint density at radius 2 is 2.31 bits per heavy atom. The quantitative estimate of drug-likeness (QED) is 0.711. The van der Waals surface area contributed by atoms with Crippen LogP contribution < -0.4 is 4.74 Å². The summed E-state index contributed by atoms with van der Waals surface area (Å²) >= 11 is 1.01. The first-order valence-corrected chi connectivity index (χ1v) is 4.25. The van der Waals surface area contributed by atoms with E-state index in [4.69, 9.17) is 0 Å². The number of carbonyl (C=O) groups is 1. The number of alkyl halides is 2.